The van der Waals surface area contributed by atoms with Crippen LogP contribution in [-0.4, -0.2) is 79.6 Å². The molecular formula is C33H45Cl2N3O2. The first-order chi connectivity index (χ1) is 19.5. The van der Waals surface area contributed by atoms with Crippen molar-refractivity contribution in [2.45, 2.75) is 75.7 Å². The molecule has 0 saturated carbocycles. The van der Waals surface area contributed by atoms with Gasteiger partial charge in [-0.15, -0.1) is 0 Å². The minimum absolute atomic E-state index is 0.116. The van der Waals surface area contributed by atoms with E-state index in [1.165, 1.54) is 63.8 Å². The smallest absolute Gasteiger partial charge is 0.227 e. The van der Waals surface area contributed by atoms with Crippen molar-refractivity contribution < 1.29 is 9.53 Å². The molecule has 0 radical (unpaired) electrons. The maximum atomic E-state index is 13.6. The fourth-order valence-corrected chi connectivity index (χ4v) is 7.61. The number of rotatable bonds is 9. The number of para-hydroxylation sites is 1. The molecular weight excluding hydrogens is 541 g/mol. The van der Waals surface area contributed by atoms with Crippen LogP contribution >= 0.6 is 23.2 Å². The van der Waals surface area contributed by atoms with Gasteiger partial charge in [0, 0.05) is 30.1 Å². The summed E-state index contributed by atoms with van der Waals surface area (Å²) >= 11 is 12.8. The molecule has 0 unspecified atom stereocenters. The van der Waals surface area contributed by atoms with Gasteiger partial charge in [0.05, 0.1) is 23.6 Å². The fourth-order valence-electron chi connectivity index (χ4n) is 7.31. The lowest BCUT2D eigenvalue weighted by atomic mass is 9.71. The molecule has 0 aromatic heterocycles. The van der Waals surface area contributed by atoms with E-state index in [4.69, 9.17) is 27.9 Å². The van der Waals surface area contributed by atoms with Crippen LogP contribution < -0.4 is 4.74 Å². The molecule has 5 rings (SSSR count). The number of benzene rings is 2. The Morgan fingerprint density at radius 1 is 0.950 bits per heavy atom. The molecule has 218 valence electrons. The maximum absolute atomic E-state index is 13.6. The van der Waals surface area contributed by atoms with Crippen LogP contribution in [0.15, 0.2) is 42.5 Å². The number of piperidine rings is 3. The minimum Gasteiger partial charge on any atom is -0.496 e. The molecule has 2 aromatic rings. The molecule has 1 amide bonds. The molecule has 5 nitrogen and oxygen atoms in total. The first-order valence-electron chi connectivity index (χ1n) is 15.3. The van der Waals surface area contributed by atoms with Crippen LogP contribution in [0.5, 0.6) is 5.75 Å². The van der Waals surface area contributed by atoms with Crippen molar-refractivity contribution in [3.05, 3.63) is 63.6 Å². The highest BCUT2D eigenvalue weighted by Crippen LogP contribution is 2.41. The van der Waals surface area contributed by atoms with Gasteiger partial charge in [-0.1, -0.05) is 53.9 Å². The number of methoxy groups -OCH3 is 1. The summed E-state index contributed by atoms with van der Waals surface area (Å²) in [6, 6.07) is 14.7. The highest BCUT2D eigenvalue weighted by atomic mass is 35.5. The van der Waals surface area contributed by atoms with Crippen LogP contribution in [0.25, 0.3) is 0 Å². The highest BCUT2D eigenvalue weighted by molar-refractivity contribution is 6.42. The normalized spacial score (nSPS) is 23.3. The van der Waals surface area contributed by atoms with Crippen LogP contribution in [0.3, 0.4) is 0 Å². The van der Waals surface area contributed by atoms with E-state index in [0.29, 0.717) is 16.5 Å². The van der Waals surface area contributed by atoms with Crippen molar-refractivity contribution >= 4 is 29.1 Å². The zero-order valence-corrected chi connectivity index (χ0v) is 25.6. The topological polar surface area (TPSA) is 36.0 Å². The Morgan fingerprint density at radius 2 is 1.73 bits per heavy atom. The molecule has 7 heteroatoms. The summed E-state index contributed by atoms with van der Waals surface area (Å²) in [4.78, 5) is 21.1. The number of hydrogen-bond donors (Lipinski definition) is 0. The van der Waals surface area contributed by atoms with Crippen molar-refractivity contribution in [3.63, 3.8) is 0 Å². The van der Waals surface area contributed by atoms with Crippen molar-refractivity contribution in [2.75, 3.05) is 52.9 Å². The molecule has 3 aliphatic rings. The van der Waals surface area contributed by atoms with E-state index in [9.17, 15) is 4.79 Å². The van der Waals surface area contributed by atoms with Crippen LogP contribution in [-0.2, 0) is 16.6 Å². The van der Waals surface area contributed by atoms with Crippen molar-refractivity contribution in [2.24, 2.45) is 0 Å². The second kappa shape index (κ2) is 13.9. The van der Waals surface area contributed by atoms with Gasteiger partial charge in [-0.05, 0) is 108 Å². The Hall–Kier alpha value is -1.79. The van der Waals surface area contributed by atoms with E-state index in [-0.39, 0.29) is 11.3 Å². The Labute approximate surface area is 250 Å². The third-order valence-electron chi connectivity index (χ3n) is 9.59. The van der Waals surface area contributed by atoms with Crippen molar-refractivity contribution in [3.8, 4) is 5.75 Å². The molecule has 0 spiro atoms. The third kappa shape index (κ3) is 7.15. The van der Waals surface area contributed by atoms with Crippen molar-refractivity contribution in [1.82, 2.24) is 14.7 Å². The number of halogens is 2. The zero-order chi connectivity index (χ0) is 28.0. The Bertz CT molecular complexity index is 1130. The van der Waals surface area contributed by atoms with Crippen LogP contribution in [0.2, 0.25) is 10.0 Å². The van der Waals surface area contributed by atoms with Crippen LogP contribution in [0.4, 0.5) is 0 Å². The van der Waals surface area contributed by atoms with Crippen molar-refractivity contribution in [1.29, 1.82) is 0 Å². The first-order valence-corrected chi connectivity index (χ1v) is 16.0. The molecule has 3 fully saturated rings. The monoisotopic (exact) mass is 585 g/mol. The molecule has 3 saturated heterocycles. The maximum Gasteiger partial charge on any atom is 0.227 e. The van der Waals surface area contributed by atoms with E-state index in [2.05, 4.69) is 20.8 Å². The Morgan fingerprint density at radius 3 is 2.48 bits per heavy atom. The zero-order valence-electron chi connectivity index (χ0n) is 24.1. The van der Waals surface area contributed by atoms with Gasteiger partial charge in [-0.2, -0.15) is 0 Å². The summed E-state index contributed by atoms with van der Waals surface area (Å²) in [6.45, 7) is 7.61. The Balaban J connectivity index is 1.24. The van der Waals surface area contributed by atoms with E-state index in [0.717, 1.165) is 62.7 Å². The lowest BCUT2D eigenvalue weighted by Gasteiger charge is -2.44. The van der Waals surface area contributed by atoms with Gasteiger partial charge in [-0.3, -0.25) is 4.79 Å². The van der Waals surface area contributed by atoms with E-state index in [1.54, 1.807) is 7.11 Å². The average molecular weight is 587 g/mol. The summed E-state index contributed by atoms with van der Waals surface area (Å²) in [5.41, 5.74) is 2.03. The average Bonchev–Trinajstić information content (AvgIpc) is 2.99. The first kappa shape index (κ1) is 29.7. The SMILES string of the molecule is COc1ccccc1CC(=O)N1CCC[C@@](CCCN2CCC(N3CCCCC3)CC2)(c2ccc(Cl)c(Cl)c2)C1. The molecule has 3 heterocycles. The molecule has 0 bridgehead atoms. The van der Waals surface area contributed by atoms with Crippen LogP contribution in [0, 0.1) is 0 Å². The molecule has 2 aromatic carbocycles. The standard InChI is InChI=1S/C33H45Cl2N3O2/c1-40-31-10-4-3-9-26(31)23-32(39)38-20-8-16-33(25-38,27-11-12-29(34)30(35)24-27)15-7-17-36-21-13-28(14-22-36)37-18-5-2-6-19-37/h3-4,9-12,24,28H,2,5-8,13-23,25H2,1H3/t33-/m1/s1. The summed E-state index contributed by atoms with van der Waals surface area (Å²) in [7, 11) is 1.66. The number of likely N-dealkylation sites (tertiary alicyclic amines) is 3. The van der Waals surface area contributed by atoms with Gasteiger partial charge in [0.1, 0.15) is 5.75 Å². The Kier molecular flexibility index (Phi) is 10.3. The fraction of sp³-hybridized carbons (Fsp3) is 0.606. The number of hydrogen-bond acceptors (Lipinski definition) is 4. The second-order valence-electron chi connectivity index (χ2n) is 12.1. The molecule has 3 aliphatic heterocycles. The quantitative estimate of drug-likeness (QED) is 0.323. The van der Waals surface area contributed by atoms with Crippen LogP contribution in [0.1, 0.15) is 68.9 Å². The predicted octanol–water partition coefficient (Wildman–Crippen LogP) is 6.84. The predicted molar refractivity (Wildman–Crippen MR) is 165 cm³/mol. The van der Waals surface area contributed by atoms with Gasteiger partial charge >= 0.3 is 0 Å². The van der Waals surface area contributed by atoms with E-state index >= 15 is 0 Å². The third-order valence-corrected chi connectivity index (χ3v) is 10.3. The molecule has 0 aliphatic carbocycles. The lowest BCUT2D eigenvalue weighted by Crippen LogP contribution is -2.49. The number of carbonyl (C=O) groups is 1. The summed E-state index contributed by atoms with van der Waals surface area (Å²) in [6.07, 6.45) is 11.3. The van der Waals surface area contributed by atoms with Gasteiger partial charge in [0.2, 0.25) is 5.91 Å². The summed E-state index contributed by atoms with van der Waals surface area (Å²) in [5, 5.41) is 1.17. The van der Waals surface area contributed by atoms with Gasteiger partial charge < -0.3 is 19.4 Å². The number of nitrogens with zero attached hydrogens (tertiary/aromatic N) is 3. The highest BCUT2D eigenvalue weighted by Gasteiger charge is 2.39. The summed E-state index contributed by atoms with van der Waals surface area (Å²) in [5.74, 6) is 0.932. The molecule has 40 heavy (non-hydrogen) atoms. The van der Waals surface area contributed by atoms with Gasteiger partial charge in [-0.25, -0.2) is 0 Å². The van der Waals surface area contributed by atoms with Gasteiger partial charge in [0.25, 0.3) is 0 Å². The number of ether oxygens (including phenoxy) is 1. The summed E-state index contributed by atoms with van der Waals surface area (Å²) < 4.78 is 5.51. The second-order valence-corrected chi connectivity index (χ2v) is 12.9. The lowest BCUT2D eigenvalue weighted by molar-refractivity contribution is -0.132. The van der Waals surface area contributed by atoms with E-state index < -0.39 is 0 Å². The number of carbonyl (C=O) groups excluding carboxylic acids is 1. The van der Waals surface area contributed by atoms with Gasteiger partial charge in [0.15, 0.2) is 0 Å². The molecule has 0 N–H and O–H groups in total. The number of amides is 1. The minimum atomic E-state index is -0.116. The van der Waals surface area contributed by atoms with E-state index in [1.807, 2.05) is 36.4 Å². The molecule has 1 atom stereocenters. The largest absolute Gasteiger partial charge is 0.496 e.